The minimum Gasteiger partial charge on any atom is -0.380 e. The summed E-state index contributed by atoms with van der Waals surface area (Å²) in [5.74, 6) is 0. The summed E-state index contributed by atoms with van der Waals surface area (Å²) in [6.45, 7) is 3.66. The Hall–Kier alpha value is -1.76. The quantitative estimate of drug-likeness (QED) is 0.830. The van der Waals surface area contributed by atoms with Crippen molar-refractivity contribution in [1.82, 2.24) is 0 Å². The van der Waals surface area contributed by atoms with Crippen LogP contribution in [0.3, 0.4) is 0 Å². The number of piperidine rings is 1. The average molecular weight is 395 g/mol. The van der Waals surface area contributed by atoms with Gasteiger partial charge in [0.15, 0.2) is 0 Å². The van der Waals surface area contributed by atoms with Crippen LogP contribution in [0.5, 0.6) is 0 Å². The molecule has 1 saturated heterocycles. The summed E-state index contributed by atoms with van der Waals surface area (Å²) >= 11 is 6.05. The van der Waals surface area contributed by atoms with Crippen molar-refractivity contribution in [3.05, 3.63) is 53.1 Å². The van der Waals surface area contributed by atoms with Gasteiger partial charge >= 0.3 is 0 Å². The second-order valence-corrected chi connectivity index (χ2v) is 8.60. The molecule has 1 aliphatic rings. The Bertz CT molecular complexity index is 869. The number of nitrogens with zero attached hydrogens (tertiary/aromatic N) is 1. The molecule has 1 atom stereocenters. The van der Waals surface area contributed by atoms with Gasteiger partial charge in [0, 0.05) is 36.6 Å². The van der Waals surface area contributed by atoms with E-state index in [-0.39, 0.29) is 11.0 Å². The van der Waals surface area contributed by atoms with E-state index in [1.54, 1.807) is 31.4 Å². The second-order valence-electron chi connectivity index (χ2n) is 6.51. The number of aryl methyl sites for hydroxylation is 1. The summed E-state index contributed by atoms with van der Waals surface area (Å²) in [4.78, 5) is 2.41. The lowest BCUT2D eigenvalue weighted by Crippen LogP contribution is -2.39. The molecular formula is C19H23ClN2O3S. The third-order valence-corrected chi connectivity index (χ3v) is 6.44. The zero-order chi connectivity index (χ0) is 18.7. The standard InChI is InChI=1S/C19H23ClN2O3S/c1-14-5-10-18(12-19(14)20)26(23,24)21-15-6-8-16(9-7-15)22-11-3-4-17(13-22)25-2/h5-10,12,17,21H,3-4,11,13H2,1-2H3. The van der Waals surface area contributed by atoms with E-state index in [1.165, 1.54) is 6.07 Å². The van der Waals surface area contributed by atoms with Gasteiger partial charge in [-0.2, -0.15) is 0 Å². The molecule has 7 heteroatoms. The van der Waals surface area contributed by atoms with E-state index in [0.717, 1.165) is 37.2 Å². The highest BCUT2D eigenvalue weighted by Gasteiger charge is 2.20. The van der Waals surface area contributed by atoms with E-state index >= 15 is 0 Å². The Morgan fingerprint density at radius 3 is 2.58 bits per heavy atom. The van der Waals surface area contributed by atoms with Gasteiger partial charge < -0.3 is 9.64 Å². The highest BCUT2D eigenvalue weighted by Crippen LogP contribution is 2.25. The molecule has 0 saturated carbocycles. The van der Waals surface area contributed by atoms with Crippen LogP contribution in [0.4, 0.5) is 11.4 Å². The van der Waals surface area contributed by atoms with E-state index in [0.29, 0.717) is 10.7 Å². The van der Waals surface area contributed by atoms with Crippen LogP contribution in [0, 0.1) is 6.92 Å². The molecule has 1 unspecified atom stereocenters. The highest BCUT2D eigenvalue weighted by molar-refractivity contribution is 7.92. The molecule has 5 nitrogen and oxygen atoms in total. The van der Waals surface area contributed by atoms with Crippen LogP contribution < -0.4 is 9.62 Å². The zero-order valence-corrected chi connectivity index (χ0v) is 16.5. The van der Waals surface area contributed by atoms with Crippen molar-refractivity contribution in [3.63, 3.8) is 0 Å². The van der Waals surface area contributed by atoms with Crippen molar-refractivity contribution in [2.75, 3.05) is 29.8 Å². The van der Waals surface area contributed by atoms with E-state index < -0.39 is 10.0 Å². The van der Waals surface area contributed by atoms with Gasteiger partial charge in [0.2, 0.25) is 0 Å². The first kappa shape index (κ1) is 19.0. The van der Waals surface area contributed by atoms with Crippen molar-refractivity contribution in [2.24, 2.45) is 0 Å². The van der Waals surface area contributed by atoms with Gasteiger partial charge in [0.1, 0.15) is 0 Å². The SMILES string of the molecule is COC1CCCN(c2ccc(NS(=O)(=O)c3ccc(C)c(Cl)c3)cc2)C1. The molecule has 1 N–H and O–H groups in total. The van der Waals surface area contributed by atoms with Crippen LogP contribution in [-0.4, -0.2) is 34.7 Å². The number of ether oxygens (including phenoxy) is 1. The topological polar surface area (TPSA) is 58.6 Å². The lowest BCUT2D eigenvalue weighted by Gasteiger charge is -2.33. The van der Waals surface area contributed by atoms with Gasteiger partial charge in [-0.05, 0) is 61.7 Å². The molecule has 26 heavy (non-hydrogen) atoms. The van der Waals surface area contributed by atoms with Crippen LogP contribution >= 0.6 is 11.6 Å². The lowest BCUT2D eigenvalue weighted by molar-refractivity contribution is 0.0893. The molecule has 1 heterocycles. The maximum atomic E-state index is 12.5. The van der Waals surface area contributed by atoms with Crippen molar-refractivity contribution >= 4 is 33.0 Å². The Kier molecular flexibility index (Phi) is 5.75. The summed E-state index contributed by atoms with van der Waals surface area (Å²) in [5, 5.41) is 0.431. The molecule has 2 aromatic rings. The summed E-state index contributed by atoms with van der Waals surface area (Å²) in [7, 11) is -1.93. The van der Waals surface area contributed by atoms with Gasteiger partial charge in [0.25, 0.3) is 10.0 Å². The molecule has 0 radical (unpaired) electrons. The predicted octanol–water partition coefficient (Wildman–Crippen LogP) is 4.06. The third kappa shape index (κ3) is 4.31. The highest BCUT2D eigenvalue weighted by atomic mass is 35.5. The molecule has 1 fully saturated rings. The minimum absolute atomic E-state index is 0.149. The molecule has 0 spiro atoms. The summed E-state index contributed by atoms with van der Waals surface area (Å²) < 4.78 is 33.1. The van der Waals surface area contributed by atoms with E-state index in [9.17, 15) is 8.42 Å². The number of rotatable bonds is 5. The predicted molar refractivity (Wildman–Crippen MR) is 106 cm³/mol. The van der Waals surface area contributed by atoms with Gasteiger partial charge in [-0.25, -0.2) is 8.42 Å². The zero-order valence-electron chi connectivity index (χ0n) is 14.9. The number of methoxy groups -OCH3 is 1. The van der Waals surface area contributed by atoms with Gasteiger partial charge in [-0.15, -0.1) is 0 Å². The van der Waals surface area contributed by atoms with Crippen LogP contribution in [0.1, 0.15) is 18.4 Å². The molecule has 0 amide bonds. The van der Waals surface area contributed by atoms with E-state index in [1.807, 2.05) is 19.1 Å². The lowest BCUT2D eigenvalue weighted by atomic mass is 10.1. The van der Waals surface area contributed by atoms with Crippen LogP contribution in [0.25, 0.3) is 0 Å². The molecule has 0 aromatic heterocycles. The molecular weight excluding hydrogens is 372 g/mol. The van der Waals surface area contributed by atoms with Crippen molar-refractivity contribution in [1.29, 1.82) is 0 Å². The number of nitrogens with one attached hydrogen (secondary N) is 1. The maximum absolute atomic E-state index is 12.5. The fourth-order valence-corrected chi connectivity index (χ4v) is 4.39. The number of hydrogen-bond acceptors (Lipinski definition) is 4. The average Bonchev–Trinajstić information content (AvgIpc) is 2.64. The van der Waals surface area contributed by atoms with Crippen LogP contribution in [-0.2, 0) is 14.8 Å². The van der Waals surface area contributed by atoms with E-state index in [4.69, 9.17) is 16.3 Å². The number of sulfonamides is 1. The van der Waals surface area contributed by atoms with Crippen molar-refractivity contribution < 1.29 is 13.2 Å². The smallest absolute Gasteiger partial charge is 0.261 e. The Labute approximate surface area is 160 Å². The van der Waals surface area contributed by atoms with Gasteiger partial charge in [0.05, 0.1) is 11.0 Å². The molecule has 140 valence electrons. The molecule has 2 aromatic carbocycles. The number of anilines is 2. The normalized spacial score (nSPS) is 18.0. The number of benzene rings is 2. The second kappa shape index (κ2) is 7.86. The molecule has 3 rings (SSSR count). The van der Waals surface area contributed by atoms with Crippen LogP contribution in [0.15, 0.2) is 47.4 Å². The molecule has 0 aliphatic carbocycles. The Balaban J connectivity index is 1.73. The largest absolute Gasteiger partial charge is 0.380 e. The fourth-order valence-electron chi connectivity index (χ4n) is 3.06. The first-order chi connectivity index (χ1) is 12.4. The Morgan fingerprint density at radius 1 is 1.19 bits per heavy atom. The molecule has 1 aliphatic heterocycles. The van der Waals surface area contributed by atoms with Gasteiger partial charge in [-0.3, -0.25) is 4.72 Å². The first-order valence-corrected chi connectivity index (χ1v) is 10.4. The monoisotopic (exact) mass is 394 g/mol. The van der Waals surface area contributed by atoms with E-state index in [2.05, 4.69) is 9.62 Å². The number of halogens is 1. The summed E-state index contributed by atoms with van der Waals surface area (Å²) in [6, 6.07) is 12.1. The van der Waals surface area contributed by atoms with Crippen molar-refractivity contribution in [2.45, 2.75) is 30.8 Å². The number of hydrogen-bond donors (Lipinski definition) is 1. The fraction of sp³-hybridized carbons (Fsp3) is 0.368. The first-order valence-electron chi connectivity index (χ1n) is 8.56. The minimum atomic E-state index is -3.67. The molecule has 0 bridgehead atoms. The Morgan fingerprint density at radius 2 is 1.92 bits per heavy atom. The maximum Gasteiger partial charge on any atom is 0.261 e. The summed E-state index contributed by atoms with van der Waals surface area (Å²) in [5.41, 5.74) is 2.42. The van der Waals surface area contributed by atoms with Crippen molar-refractivity contribution in [3.8, 4) is 0 Å². The van der Waals surface area contributed by atoms with Gasteiger partial charge in [-0.1, -0.05) is 17.7 Å². The van der Waals surface area contributed by atoms with Crippen LogP contribution in [0.2, 0.25) is 5.02 Å². The summed E-state index contributed by atoms with van der Waals surface area (Å²) in [6.07, 6.45) is 2.40. The third-order valence-electron chi connectivity index (χ3n) is 4.65.